The molecule has 2 N–H and O–H groups in total. The van der Waals surface area contributed by atoms with Gasteiger partial charge in [0.1, 0.15) is 5.82 Å². The lowest BCUT2D eigenvalue weighted by Gasteiger charge is -2.13. The van der Waals surface area contributed by atoms with Crippen LogP contribution in [0, 0.1) is 26.6 Å². The van der Waals surface area contributed by atoms with Gasteiger partial charge in [-0.25, -0.2) is 17.8 Å². The van der Waals surface area contributed by atoms with Crippen molar-refractivity contribution in [2.24, 2.45) is 7.05 Å². The molecule has 4 rings (SSSR count). The van der Waals surface area contributed by atoms with Crippen LogP contribution in [-0.4, -0.2) is 29.1 Å². The molecule has 0 fully saturated rings. The van der Waals surface area contributed by atoms with Gasteiger partial charge in [-0.05, 0) is 56.7 Å². The number of benzene rings is 2. The molecule has 0 spiro atoms. The second-order valence-electron chi connectivity index (χ2n) is 7.74. The first-order valence-corrected chi connectivity index (χ1v) is 11.6. The van der Waals surface area contributed by atoms with Crippen LogP contribution < -0.4 is 10.0 Å². The van der Waals surface area contributed by atoms with Gasteiger partial charge in [0.25, 0.3) is 15.9 Å². The number of anilines is 2. The SMILES string of the molecule is Cc1cc(C(=O)Nc2ccc(C)c(S(=O)(=O)Nc3ccccc3F)c2)c2c(C)nn(C)c2n1. The van der Waals surface area contributed by atoms with Crippen molar-refractivity contribution >= 4 is 38.3 Å². The molecular weight excluding hydrogens is 445 g/mol. The molecule has 170 valence electrons. The average molecular weight is 468 g/mol. The van der Waals surface area contributed by atoms with Gasteiger partial charge in [0.05, 0.1) is 27.2 Å². The molecule has 0 aliphatic heterocycles. The Bertz CT molecular complexity index is 1510. The number of rotatable bonds is 5. The van der Waals surface area contributed by atoms with Gasteiger partial charge in [-0.15, -0.1) is 0 Å². The van der Waals surface area contributed by atoms with Gasteiger partial charge in [0, 0.05) is 18.4 Å². The largest absolute Gasteiger partial charge is 0.322 e. The van der Waals surface area contributed by atoms with Crippen molar-refractivity contribution in [3.05, 3.63) is 76.9 Å². The standard InChI is InChI=1S/C23H22FN5O3S/c1-13-9-10-16(12-20(13)33(31,32)28-19-8-6-5-7-18(19)24)26-23(30)17-11-14(2)25-22-21(17)15(3)27-29(22)4/h5-12,28H,1-4H3,(H,26,30). The normalized spacial score (nSPS) is 11.5. The molecule has 0 aliphatic rings. The molecule has 1 amide bonds. The number of amides is 1. The van der Waals surface area contributed by atoms with E-state index in [2.05, 4.69) is 20.1 Å². The van der Waals surface area contributed by atoms with E-state index in [1.54, 1.807) is 50.7 Å². The highest BCUT2D eigenvalue weighted by Crippen LogP contribution is 2.26. The number of nitrogens with zero attached hydrogens (tertiary/aromatic N) is 3. The predicted molar refractivity (Wildman–Crippen MR) is 124 cm³/mol. The van der Waals surface area contributed by atoms with Crippen LogP contribution >= 0.6 is 0 Å². The quantitative estimate of drug-likeness (QED) is 0.460. The fourth-order valence-electron chi connectivity index (χ4n) is 3.66. The van der Waals surface area contributed by atoms with Crippen LogP contribution in [0.2, 0.25) is 0 Å². The number of carbonyl (C=O) groups excluding carboxylic acids is 1. The molecule has 2 heterocycles. The van der Waals surface area contributed by atoms with Crippen LogP contribution in [0.15, 0.2) is 53.4 Å². The maximum absolute atomic E-state index is 14.0. The topological polar surface area (TPSA) is 106 Å². The summed E-state index contributed by atoms with van der Waals surface area (Å²) in [5.74, 6) is -1.11. The van der Waals surface area contributed by atoms with E-state index in [4.69, 9.17) is 0 Å². The fraction of sp³-hybridized carbons (Fsp3) is 0.174. The predicted octanol–water partition coefficient (Wildman–Crippen LogP) is 4.09. The first-order valence-electron chi connectivity index (χ1n) is 10.1. The highest BCUT2D eigenvalue weighted by molar-refractivity contribution is 7.92. The van der Waals surface area contributed by atoms with Crippen LogP contribution in [-0.2, 0) is 17.1 Å². The monoisotopic (exact) mass is 467 g/mol. The highest BCUT2D eigenvalue weighted by atomic mass is 32.2. The van der Waals surface area contributed by atoms with Gasteiger partial charge in [-0.3, -0.25) is 14.2 Å². The van der Waals surface area contributed by atoms with E-state index < -0.39 is 21.7 Å². The van der Waals surface area contributed by atoms with Gasteiger partial charge in [0.2, 0.25) is 0 Å². The van der Waals surface area contributed by atoms with Crippen molar-refractivity contribution in [1.82, 2.24) is 14.8 Å². The second-order valence-corrected chi connectivity index (χ2v) is 9.39. The average Bonchev–Trinajstić information content (AvgIpc) is 3.03. The van der Waals surface area contributed by atoms with E-state index in [0.717, 1.165) is 0 Å². The van der Waals surface area contributed by atoms with Gasteiger partial charge >= 0.3 is 0 Å². The maximum Gasteiger partial charge on any atom is 0.262 e. The van der Waals surface area contributed by atoms with Crippen LogP contribution in [0.25, 0.3) is 11.0 Å². The number of fused-ring (bicyclic) bond motifs is 1. The molecule has 4 aromatic rings. The Morgan fingerprint density at radius 1 is 1.06 bits per heavy atom. The van der Waals surface area contributed by atoms with Crippen molar-refractivity contribution in [3.63, 3.8) is 0 Å². The lowest BCUT2D eigenvalue weighted by Crippen LogP contribution is -2.17. The summed E-state index contributed by atoms with van der Waals surface area (Å²) in [6.45, 7) is 5.20. The lowest BCUT2D eigenvalue weighted by molar-refractivity contribution is 0.102. The number of aromatic nitrogens is 3. The Kier molecular flexibility index (Phi) is 5.62. The molecule has 2 aromatic carbocycles. The molecule has 0 unspecified atom stereocenters. The third kappa shape index (κ3) is 4.29. The number of hydrogen-bond donors (Lipinski definition) is 2. The number of halogens is 1. The number of pyridine rings is 1. The van der Waals surface area contributed by atoms with Crippen LogP contribution in [0.5, 0.6) is 0 Å². The molecule has 0 atom stereocenters. The van der Waals surface area contributed by atoms with Gasteiger partial charge in [0.15, 0.2) is 5.65 Å². The summed E-state index contributed by atoms with van der Waals surface area (Å²) >= 11 is 0. The molecule has 10 heteroatoms. The maximum atomic E-state index is 14.0. The number of para-hydroxylation sites is 1. The molecule has 0 aliphatic carbocycles. The van der Waals surface area contributed by atoms with E-state index >= 15 is 0 Å². The van der Waals surface area contributed by atoms with Gasteiger partial charge < -0.3 is 5.32 Å². The van der Waals surface area contributed by atoms with E-state index in [1.807, 2.05) is 0 Å². The third-order valence-electron chi connectivity index (χ3n) is 5.20. The molecule has 2 aromatic heterocycles. The van der Waals surface area contributed by atoms with Crippen molar-refractivity contribution in [3.8, 4) is 0 Å². The van der Waals surface area contributed by atoms with Crippen molar-refractivity contribution in [1.29, 1.82) is 0 Å². The Morgan fingerprint density at radius 3 is 2.52 bits per heavy atom. The zero-order chi connectivity index (χ0) is 23.9. The summed E-state index contributed by atoms with van der Waals surface area (Å²) in [5.41, 5.74) is 2.85. The zero-order valence-corrected chi connectivity index (χ0v) is 19.3. The van der Waals surface area contributed by atoms with Crippen molar-refractivity contribution in [2.45, 2.75) is 25.7 Å². The minimum absolute atomic E-state index is 0.0721. The minimum Gasteiger partial charge on any atom is -0.322 e. The van der Waals surface area contributed by atoms with Crippen LogP contribution in [0.4, 0.5) is 15.8 Å². The van der Waals surface area contributed by atoms with Crippen LogP contribution in [0.1, 0.15) is 27.3 Å². The smallest absolute Gasteiger partial charge is 0.262 e. The molecule has 0 bridgehead atoms. The third-order valence-corrected chi connectivity index (χ3v) is 6.70. The summed E-state index contributed by atoms with van der Waals surface area (Å²) in [5, 5.41) is 7.73. The number of aryl methyl sites for hydroxylation is 4. The first kappa shape index (κ1) is 22.4. The zero-order valence-electron chi connectivity index (χ0n) is 18.5. The van der Waals surface area contributed by atoms with Crippen molar-refractivity contribution < 1.29 is 17.6 Å². The summed E-state index contributed by atoms with van der Waals surface area (Å²) < 4.78 is 43.7. The molecule has 8 nitrogen and oxygen atoms in total. The number of nitrogens with one attached hydrogen (secondary N) is 2. The summed E-state index contributed by atoms with van der Waals surface area (Å²) in [4.78, 5) is 17.5. The summed E-state index contributed by atoms with van der Waals surface area (Å²) in [6, 6.07) is 11.7. The second kappa shape index (κ2) is 8.28. The van der Waals surface area contributed by atoms with Crippen molar-refractivity contribution in [2.75, 3.05) is 10.0 Å². The molecule has 0 saturated heterocycles. The summed E-state index contributed by atoms with van der Waals surface area (Å²) in [6.07, 6.45) is 0. The molecular formula is C23H22FN5O3S. The van der Waals surface area contributed by atoms with Gasteiger partial charge in [-0.2, -0.15) is 5.10 Å². The molecule has 0 saturated carbocycles. The summed E-state index contributed by atoms with van der Waals surface area (Å²) in [7, 11) is -2.35. The molecule has 0 radical (unpaired) electrons. The Morgan fingerprint density at radius 2 is 1.79 bits per heavy atom. The Labute approximate surface area is 190 Å². The lowest BCUT2D eigenvalue weighted by atomic mass is 10.1. The number of carbonyl (C=O) groups is 1. The minimum atomic E-state index is -4.10. The van der Waals surface area contributed by atoms with E-state index in [1.165, 1.54) is 30.3 Å². The number of sulfonamides is 1. The Hall–Kier alpha value is -3.79. The first-order chi connectivity index (χ1) is 15.6. The van der Waals surface area contributed by atoms with Gasteiger partial charge in [-0.1, -0.05) is 18.2 Å². The highest BCUT2D eigenvalue weighted by Gasteiger charge is 2.21. The fourth-order valence-corrected chi connectivity index (χ4v) is 5.00. The van der Waals surface area contributed by atoms with E-state index in [0.29, 0.717) is 33.5 Å². The van der Waals surface area contributed by atoms with Crippen LogP contribution in [0.3, 0.4) is 0 Å². The Balaban J connectivity index is 1.69. The van der Waals surface area contributed by atoms with E-state index in [-0.39, 0.29) is 16.3 Å². The van der Waals surface area contributed by atoms with E-state index in [9.17, 15) is 17.6 Å². The molecule has 33 heavy (non-hydrogen) atoms. The number of hydrogen-bond acceptors (Lipinski definition) is 5.